The second kappa shape index (κ2) is 6.11. The second-order valence-corrected chi connectivity index (χ2v) is 3.72. The number of primary amides is 1. The molecule has 0 aliphatic rings. The largest absolute Gasteiger partial charge is 0.496 e. The average molecular weight is 254 g/mol. The molecule has 0 fully saturated rings. The van der Waals surface area contributed by atoms with E-state index in [0.29, 0.717) is 22.8 Å². The average Bonchev–Trinajstić information content (AvgIpc) is 2.35. The van der Waals surface area contributed by atoms with Gasteiger partial charge in [-0.15, -0.1) is 0 Å². The molecule has 0 aliphatic heterocycles. The lowest BCUT2D eigenvalue weighted by molar-refractivity contribution is -0.118. The smallest absolute Gasteiger partial charge is 0.219 e. The van der Waals surface area contributed by atoms with Crippen molar-refractivity contribution >= 4 is 5.91 Å². The van der Waals surface area contributed by atoms with Gasteiger partial charge in [-0.3, -0.25) is 4.79 Å². The summed E-state index contributed by atoms with van der Waals surface area (Å²) in [5, 5.41) is 0. The van der Waals surface area contributed by atoms with E-state index in [2.05, 4.69) is 0 Å². The monoisotopic (exact) mass is 254 g/mol. The number of nitrogens with two attached hydrogens (primary N) is 2. The van der Waals surface area contributed by atoms with Crippen LogP contribution in [0.5, 0.6) is 17.2 Å². The van der Waals surface area contributed by atoms with Crippen LogP contribution in [0.4, 0.5) is 0 Å². The first-order valence-corrected chi connectivity index (χ1v) is 5.37. The standard InChI is InChI=1S/C12H18N2O4/c1-16-7-4-9(17-2)12(10(5-7)18-3)8(13)6-11(14)15/h4-5,8H,6,13H2,1-3H3,(H2,14,15)/t8-/m0/s1. The summed E-state index contributed by atoms with van der Waals surface area (Å²) >= 11 is 0. The van der Waals surface area contributed by atoms with Gasteiger partial charge < -0.3 is 25.7 Å². The van der Waals surface area contributed by atoms with Gasteiger partial charge in [0.15, 0.2) is 0 Å². The van der Waals surface area contributed by atoms with Crippen molar-refractivity contribution < 1.29 is 19.0 Å². The number of hydrogen-bond donors (Lipinski definition) is 2. The molecule has 0 saturated heterocycles. The predicted molar refractivity (Wildman–Crippen MR) is 66.8 cm³/mol. The molecule has 1 rings (SSSR count). The highest BCUT2D eigenvalue weighted by Gasteiger charge is 2.20. The summed E-state index contributed by atoms with van der Waals surface area (Å²) in [6.45, 7) is 0. The second-order valence-electron chi connectivity index (χ2n) is 3.72. The molecule has 0 heterocycles. The van der Waals surface area contributed by atoms with E-state index in [9.17, 15) is 4.79 Å². The van der Waals surface area contributed by atoms with Crippen LogP contribution < -0.4 is 25.7 Å². The van der Waals surface area contributed by atoms with Gasteiger partial charge in [0.2, 0.25) is 5.91 Å². The number of carbonyl (C=O) groups excluding carboxylic acids is 1. The summed E-state index contributed by atoms with van der Waals surface area (Å²) in [6.07, 6.45) is 0.0129. The molecule has 0 aliphatic carbocycles. The number of benzene rings is 1. The molecule has 1 amide bonds. The molecule has 1 aromatic carbocycles. The molecule has 0 unspecified atom stereocenters. The van der Waals surface area contributed by atoms with Gasteiger partial charge in [0.1, 0.15) is 17.2 Å². The fourth-order valence-corrected chi connectivity index (χ4v) is 1.72. The molecule has 6 nitrogen and oxygen atoms in total. The van der Waals surface area contributed by atoms with Crippen LogP contribution in [0.1, 0.15) is 18.0 Å². The number of ether oxygens (including phenoxy) is 3. The van der Waals surface area contributed by atoms with E-state index in [0.717, 1.165) is 0 Å². The molecule has 4 N–H and O–H groups in total. The normalized spacial score (nSPS) is 11.8. The quantitative estimate of drug-likeness (QED) is 0.774. The molecule has 6 heteroatoms. The predicted octanol–water partition coefficient (Wildman–Crippen LogP) is 0.588. The van der Waals surface area contributed by atoms with E-state index in [1.165, 1.54) is 21.3 Å². The molecular formula is C12H18N2O4. The first kappa shape index (κ1) is 14.1. The van der Waals surface area contributed by atoms with Crippen molar-refractivity contribution in [2.45, 2.75) is 12.5 Å². The van der Waals surface area contributed by atoms with Crippen molar-refractivity contribution in [2.75, 3.05) is 21.3 Å². The van der Waals surface area contributed by atoms with E-state index in [1.807, 2.05) is 0 Å². The Balaban J connectivity index is 3.25. The van der Waals surface area contributed by atoms with Crippen LogP contribution in [-0.2, 0) is 4.79 Å². The third-order valence-corrected chi connectivity index (χ3v) is 2.55. The third-order valence-electron chi connectivity index (χ3n) is 2.55. The molecule has 1 atom stereocenters. The van der Waals surface area contributed by atoms with Crippen LogP contribution in [-0.4, -0.2) is 27.2 Å². The Morgan fingerprint density at radius 1 is 1.17 bits per heavy atom. The van der Waals surface area contributed by atoms with Crippen molar-refractivity contribution in [3.63, 3.8) is 0 Å². The fourth-order valence-electron chi connectivity index (χ4n) is 1.72. The van der Waals surface area contributed by atoms with Gasteiger partial charge in [-0.2, -0.15) is 0 Å². The van der Waals surface area contributed by atoms with Crippen LogP contribution in [0.25, 0.3) is 0 Å². The molecular weight excluding hydrogens is 236 g/mol. The molecule has 0 aromatic heterocycles. The number of hydrogen-bond acceptors (Lipinski definition) is 5. The van der Waals surface area contributed by atoms with Crippen LogP contribution >= 0.6 is 0 Å². The maximum absolute atomic E-state index is 10.9. The maximum atomic E-state index is 10.9. The molecule has 0 bridgehead atoms. The van der Waals surface area contributed by atoms with Crippen LogP contribution in [0.3, 0.4) is 0 Å². The lowest BCUT2D eigenvalue weighted by atomic mass is 10.0. The highest BCUT2D eigenvalue weighted by Crippen LogP contribution is 2.38. The zero-order valence-electron chi connectivity index (χ0n) is 10.7. The van der Waals surface area contributed by atoms with Crippen molar-refractivity contribution in [3.8, 4) is 17.2 Å². The van der Waals surface area contributed by atoms with Gasteiger partial charge in [-0.05, 0) is 0 Å². The van der Waals surface area contributed by atoms with Crippen molar-refractivity contribution in [1.29, 1.82) is 0 Å². The summed E-state index contributed by atoms with van der Waals surface area (Å²) < 4.78 is 15.6. The zero-order valence-corrected chi connectivity index (χ0v) is 10.7. The highest BCUT2D eigenvalue weighted by molar-refractivity contribution is 5.75. The van der Waals surface area contributed by atoms with Gasteiger partial charge in [-0.1, -0.05) is 0 Å². The number of carbonyl (C=O) groups is 1. The van der Waals surface area contributed by atoms with Crippen LogP contribution in [0, 0.1) is 0 Å². The third kappa shape index (κ3) is 3.04. The number of amides is 1. The minimum atomic E-state index is -0.585. The molecule has 18 heavy (non-hydrogen) atoms. The number of methoxy groups -OCH3 is 3. The minimum absolute atomic E-state index is 0.0129. The fraction of sp³-hybridized carbons (Fsp3) is 0.417. The molecule has 100 valence electrons. The van der Waals surface area contributed by atoms with Gasteiger partial charge in [0.25, 0.3) is 0 Å². The molecule has 0 radical (unpaired) electrons. The van der Waals surface area contributed by atoms with Crippen molar-refractivity contribution in [1.82, 2.24) is 0 Å². The Kier molecular flexibility index (Phi) is 4.79. The maximum Gasteiger partial charge on any atom is 0.219 e. The topological polar surface area (TPSA) is 96.8 Å². The summed E-state index contributed by atoms with van der Waals surface area (Å²) in [7, 11) is 4.56. The van der Waals surface area contributed by atoms with Crippen LogP contribution in [0.15, 0.2) is 12.1 Å². The van der Waals surface area contributed by atoms with Gasteiger partial charge >= 0.3 is 0 Å². The Morgan fingerprint density at radius 3 is 2.00 bits per heavy atom. The van der Waals surface area contributed by atoms with Gasteiger partial charge in [0.05, 0.1) is 26.9 Å². The van der Waals surface area contributed by atoms with Crippen LogP contribution in [0.2, 0.25) is 0 Å². The van der Waals surface area contributed by atoms with E-state index < -0.39 is 11.9 Å². The Hall–Kier alpha value is -1.95. The van der Waals surface area contributed by atoms with Crippen molar-refractivity contribution in [2.24, 2.45) is 11.5 Å². The lowest BCUT2D eigenvalue weighted by Crippen LogP contribution is -2.21. The summed E-state index contributed by atoms with van der Waals surface area (Å²) in [5.74, 6) is 1.10. The SMILES string of the molecule is COc1cc(OC)c([C@@H](N)CC(N)=O)c(OC)c1. The zero-order chi connectivity index (χ0) is 13.7. The summed E-state index contributed by atoms with van der Waals surface area (Å²) in [4.78, 5) is 10.9. The molecule has 0 spiro atoms. The Labute approximate surface area is 106 Å². The van der Waals surface area contributed by atoms with Crippen molar-refractivity contribution in [3.05, 3.63) is 17.7 Å². The van der Waals surface area contributed by atoms with Gasteiger partial charge in [-0.25, -0.2) is 0 Å². The van der Waals surface area contributed by atoms with Gasteiger partial charge in [0, 0.05) is 24.6 Å². The Morgan fingerprint density at radius 2 is 1.67 bits per heavy atom. The summed E-state index contributed by atoms with van der Waals surface area (Å²) in [6, 6.07) is 2.77. The van der Waals surface area contributed by atoms with E-state index >= 15 is 0 Å². The summed E-state index contributed by atoms with van der Waals surface area (Å²) in [5.41, 5.74) is 11.7. The lowest BCUT2D eigenvalue weighted by Gasteiger charge is -2.19. The first-order valence-electron chi connectivity index (χ1n) is 5.37. The van der Waals surface area contributed by atoms with E-state index in [4.69, 9.17) is 25.7 Å². The molecule has 1 aromatic rings. The molecule has 0 saturated carbocycles. The highest BCUT2D eigenvalue weighted by atomic mass is 16.5. The first-order chi connectivity index (χ1) is 8.53. The van der Waals surface area contributed by atoms with E-state index in [-0.39, 0.29) is 6.42 Å². The Bertz CT molecular complexity index is 409. The number of rotatable bonds is 6. The van der Waals surface area contributed by atoms with E-state index in [1.54, 1.807) is 12.1 Å². The minimum Gasteiger partial charge on any atom is -0.496 e.